The molecule has 0 amide bonds. The molecule has 0 unspecified atom stereocenters. The third-order valence-corrected chi connectivity index (χ3v) is 4.70. The van der Waals surface area contributed by atoms with Gasteiger partial charge in [0.15, 0.2) is 0 Å². The molecule has 2 aromatic heterocycles. The van der Waals surface area contributed by atoms with E-state index in [2.05, 4.69) is 16.2 Å². The van der Waals surface area contributed by atoms with E-state index in [-0.39, 0.29) is 5.56 Å². The summed E-state index contributed by atoms with van der Waals surface area (Å²) in [6.07, 6.45) is 1.76. The summed E-state index contributed by atoms with van der Waals surface area (Å²) in [4.78, 5) is 15.3. The van der Waals surface area contributed by atoms with Crippen molar-refractivity contribution in [3.8, 4) is 17.3 Å². The topological polar surface area (TPSA) is 83.7 Å². The molecule has 2 aromatic carbocycles. The largest absolute Gasteiger partial charge is 0.378 e. The van der Waals surface area contributed by atoms with Crippen LogP contribution >= 0.6 is 0 Å². The number of nitrogens with one attached hydrogen (secondary N) is 1. The van der Waals surface area contributed by atoms with Gasteiger partial charge in [0, 0.05) is 29.8 Å². The Balaban J connectivity index is 1.67. The van der Waals surface area contributed by atoms with E-state index >= 15 is 0 Å². The highest BCUT2D eigenvalue weighted by Crippen LogP contribution is 2.23. The van der Waals surface area contributed by atoms with Crippen LogP contribution in [0.2, 0.25) is 0 Å². The van der Waals surface area contributed by atoms with E-state index < -0.39 is 0 Å². The lowest BCUT2D eigenvalue weighted by Crippen LogP contribution is -2.08. The molecule has 138 valence electrons. The molecular weight excluding hydrogens is 352 g/mol. The maximum atomic E-state index is 12.4. The second kappa shape index (κ2) is 7.51. The predicted octanol–water partition coefficient (Wildman–Crippen LogP) is 3.46. The molecule has 6 heteroatoms. The van der Waals surface area contributed by atoms with Crippen molar-refractivity contribution in [1.29, 1.82) is 5.26 Å². The second-order valence-corrected chi connectivity index (χ2v) is 6.50. The first-order valence-corrected chi connectivity index (χ1v) is 8.84. The highest BCUT2D eigenvalue weighted by atomic mass is 16.5. The molecule has 0 aliphatic rings. The van der Waals surface area contributed by atoms with Crippen molar-refractivity contribution >= 4 is 10.8 Å². The van der Waals surface area contributed by atoms with Gasteiger partial charge in [0.05, 0.1) is 30.5 Å². The summed E-state index contributed by atoms with van der Waals surface area (Å²) >= 11 is 0. The van der Waals surface area contributed by atoms with Gasteiger partial charge in [-0.3, -0.25) is 9.48 Å². The van der Waals surface area contributed by atoms with Crippen LogP contribution in [-0.2, 0) is 17.9 Å². The maximum absolute atomic E-state index is 12.4. The minimum absolute atomic E-state index is 0.200. The summed E-state index contributed by atoms with van der Waals surface area (Å²) in [5, 5.41) is 14.8. The van der Waals surface area contributed by atoms with Crippen LogP contribution in [0, 0.1) is 11.3 Å². The molecule has 28 heavy (non-hydrogen) atoms. The van der Waals surface area contributed by atoms with Gasteiger partial charge >= 0.3 is 0 Å². The van der Waals surface area contributed by atoms with E-state index in [1.165, 1.54) is 0 Å². The number of pyridine rings is 1. The Morgan fingerprint density at radius 3 is 2.71 bits per heavy atom. The minimum atomic E-state index is -0.200. The van der Waals surface area contributed by atoms with Gasteiger partial charge in [0.2, 0.25) is 0 Å². The van der Waals surface area contributed by atoms with Gasteiger partial charge in [-0.05, 0) is 35.4 Å². The number of ether oxygens (including phenoxy) is 1. The van der Waals surface area contributed by atoms with E-state index in [1.807, 2.05) is 41.1 Å². The second-order valence-electron chi connectivity index (χ2n) is 6.50. The van der Waals surface area contributed by atoms with Crippen LogP contribution in [-0.4, -0.2) is 21.9 Å². The summed E-state index contributed by atoms with van der Waals surface area (Å²) in [7, 11) is 1.66. The highest BCUT2D eigenvalue weighted by molar-refractivity contribution is 5.89. The van der Waals surface area contributed by atoms with Crippen molar-refractivity contribution < 1.29 is 4.74 Å². The Labute approximate surface area is 161 Å². The van der Waals surface area contributed by atoms with Gasteiger partial charge in [-0.2, -0.15) is 10.4 Å². The number of hydrogen-bond donors (Lipinski definition) is 1. The van der Waals surface area contributed by atoms with Crippen molar-refractivity contribution in [3.63, 3.8) is 0 Å². The van der Waals surface area contributed by atoms with Crippen LogP contribution in [0.1, 0.15) is 16.8 Å². The summed E-state index contributed by atoms with van der Waals surface area (Å²) in [6.45, 7) is 1.15. The zero-order valence-electron chi connectivity index (χ0n) is 15.3. The van der Waals surface area contributed by atoms with Gasteiger partial charge in [-0.15, -0.1) is 0 Å². The van der Waals surface area contributed by atoms with Crippen LogP contribution < -0.4 is 5.56 Å². The molecule has 0 aliphatic heterocycles. The monoisotopic (exact) mass is 370 g/mol. The number of rotatable bonds is 5. The number of nitriles is 1. The third-order valence-electron chi connectivity index (χ3n) is 4.70. The van der Waals surface area contributed by atoms with E-state index in [0.29, 0.717) is 35.2 Å². The van der Waals surface area contributed by atoms with Crippen molar-refractivity contribution in [1.82, 2.24) is 14.8 Å². The van der Waals surface area contributed by atoms with Crippen molar-refractivity contribution in [2.75, 3.05) is 7.11 Å². The van der Waals surface area contributed by atoms with E-state index in [9.17, 15) is 10.1 Å². The lowest BCUT2D eigenvalue weighted by atomic mass is 10.0. The normalized spacial score (nSPS) is 10.9. The van der Waals surface area contributed by atoms with Gasteiger partial charge in [-0.1, -0.05) is 30.3 Å². The maximum Gasteiger partial charge on any atom is 0.256 e. The lowest BCUT2D eigenvalue weighted by Gasteiger charge is -2.09. The predicted molar refractivity (Wildman–Crippen MR) is 107 cm³/mol. The van der Waals surface area contributed by atoms with Crippen LogP contribution in [0.3, 0.4) is 0 Å². The molecule has 0 saturated heterocycles. The van der Waals surface area contributed by atoms with Crippen LogP contribution in [0.25, 0.3) is 22.0 Å². The first-order chi connectivity index (χ1) is 13.7. The molecule has 0 saturated carbocycles. The van der Waals surface area contributed by atoms with Crippen molar-refractivity contribution in [2.45, 2.75) is 13.2 Å². The van der Waals surface area contributed by atoms with E-state index in [4.69, 9.17) is 4.74 Å². The Morgan fingerprint density at radius 1 is 1.14 bits per heavy atom. The summed E-state index contributed by atoms with van der Waals surface area (Å²) in [5.74, 6) is 0. The molecule has 6 nitrogen and oxygen atoms in total. The van der Waals surface area contributed by atoms with Gasteiger partial charge in [0.1, 0.15) is 0 Å². The molecule has 0 spiro atoms. The number of nitrogens with zero attached hydrogens (tertiary/aromatic N) is 3. The molecule has 0 radical (unpaired) electrons. The number of fused-ring (bicyclic) bond motifs is 1. The molecule has 0 fully saturated rings. The smallest absolute Gasteiger partial charge is 0.256 e. The molecule has 1 N–H and O–H groups in total. The van der Waals surface area contributed by atoms with Crippen molar-refractivity contribution in [2.24, 2.45) is 0 Å². The standard InChI is InChI=1S/C22H18N4O2/c1-28-14-18-9-10-24-26(18)13-15-5-7-16(8-6-15)21-11-20-17(12-23)3-2-4-19(20)22(27)25-21/h2-11H,13-14H2,1H3,(H,25,27). The molecule has 0 aliphatic carbocycles. The number of hydrogen-bond acceptors (Lipinski definition) is 4. The van der Waals surface area contributed by atoms with Crippen LogP contribution in [0.15, 0.2) is 65.6 Å². The number of aromatic nitrogens is 3. The SMILES string of the molecule is COCc1ccnn1Cc1ccc(-c2cc3c(C#N)cccc3c(=O)[nH]2)cc1. The minimum Gasteiger partial charge on any atom is -0.378 e. The number of H-pyrrole nitrogens is 1. The molecule has 2 heterocycles. The van der Waals surface area contributed by atoms with Crippen LogP contribution in [0.4, 0.5) is 0 Å². The van der Waals surface area contributed by atoms with E-state index in [1.54, 1.807) is 31.5 Å². The third kappa shape index (κ3) is 3.31. The highest BCUT2D eigenvalue weighted by Gasteiger charge is 2.08. The fraction of sp³-hybridized carbons (Fsp3) is 0.136. The average Bonchev–Trinajstić information content (AvgIpc) is 3.15. The van der Waals surface area contributed by atoms with Crippen molar-refractivity contribution in [3.05, 3.63) is 88.0 Å². The van der Waals surface area contributed by atoms with E-state index in [0.717, 1.165) is 16.8 Å². The first kappa shape index (κ1) is 17.7. The zero-order chi connectivity index (χ0) is 19.5. The molecular formula is C22H18N4O2. The molecule has 4 rings (SSSR count). The van der Waals surface area contributed by atoms with Gasteiger partial charge in [-0.25, -0.2) is 0 Å². The number of aromatic amines is 1. The molecule has 4 aromatic rings. The lowest BCUT2D eigenvalue weighted by molar-refractivity contribution is 0.177. The van der Waals surface area contributed by atoms with Gasteiger partial charge < -0.3 is 9.72 Å². The average molecular weight is 370 g/mol. The zero-order valence-corrected chi connectivity index (χ0v) is 15.3. The molecule has 0 bridgehead atoms. The number of benzene rings is 2. The molecule has 0 atom stereocenters. The Morgan fingerprint density at radius 2 is 1.96 bits per heavy atom. The Bertz CT molecular complexity index is 1230. The van der Waals surface area contributed by atoms with Gasteiger partial charge in [0.25, 0.3) is 5.56 Å². The Kier molecular flexibility index (Phi) is 4.75. The summed E-state index contributed by atoms with van der Waals surface area (Å²) in [6, 6.07) is 19.0. The Hall–Kier alpha value is -3.69. The first-order valence-electron chi connectivity index (χ1n) is 8.84. The quantitative estimate of drug-likeness (QED) is 0.583. The summed E-state index contributed by atoms with van der Waals surface area (Å²) < 4.78 is 7.09. The number of methoxy groups -OCH3 is 1. The fourth-order valence-corrected chi connectivity index (χ4v) is 3.28. The summed E-state index contributed by atoms with van der Waals surface area (Å²) in [5.41, 5.74) is 3.96. The fourth-order valence-electron chi connectivity index (χ4n) is 3.28. The van der Waals surface area contributed by atoms with Crippen LogP contribution in [0.5, 0.6) is 0 Å².